The summed E-state index contributed by atoms with van der Waals surface area (Å²) in [7, 11) is 0. The van der Waals surface area contributed by atoms with Crippen molar-refractivity contribution in [3.8, 4) is 11.3 Å². The molecular formula is C21H18N4O2S2. The van der Waals surface area contributed by atoms with Gasteiger partial charge in [0.05, 0.1) is 6.42 Å². The Kier molecular flexibility index (Phi) is 6.02. The topological polar surface area (TPSA) is 80.9 Å². The van der Waals surface area contributed by atoms with E-state index < -0.39 is 0 Å². The van der Waals surface area contributed by atoms with E-state index in [0.29, 0.717) is 16.6 Å². The van der Waals surface area contributed by atoms with Crippen molar-refractivity contribution in [2.45, 2.75) is 23.4 Å². The summed E-state index contributed by atoms with van der Waals surface area (Å²) in [4.78, 5) is 12.3. The maximum Gasteiger partial charge on any atom is 0.233 e. The molecule has 2 aromatic carbocycles. The van der Waals surface area contributed by atoms with Crippen LogP contribution in [0.4, 0.5) is 5.13 Å². The average Bonchev–Trinajstić information content (AvgIpc) is 3.38. The third-order valence-corrected chi connectivity index (χ3v) is 6.14. The number of aromatic nitrogens is 3. The minimum Gasteiger partial charge on any atom is -0.360 e. The van der Waals surface area contributed by atoms with Crippen LogP contribution in [0.25, 0.3) is 11.3 Å². The molecule has 4 aromatic rings. The van der Waals surface area contributed by atoms with Crippen LogP contribution in [0.2, 0.25) is 0 Å². The van der Waals surface area contributed by atoms with Gasteiger partial charge < -0.3 is 9.84 Å². The molecule has 0 atom stereocenters. The highest BCUT2D eigenvalue weighted by molar-refractivity contribution is 8.00. The number of amides is 1. The Morgan fingerprint density at radius 1 is 1.10 bits per heavy atom. The summed E-state index contributed by atoms with van der Waals surface area (Å²) in [5.41, 5.74) is 4.12. The lowest BCUT2D eigenvalue weighted by Gasteiger charge is -1.99. The summed E-state index contributed by atoms with van der Waals surface area (Å²) in [6.45, 7) is 2.07. The first-order chi connectivity index (χ1) is 14.2. The van der Waals surface area contributed by atoms with Crippen LogP contribution in [-0.4, -0.2) is 21.3 Å². The van der Waals surface area contributed by atoms with Crippen LogP contribution in [0, 0.1) is 6.92 Å². The molecule has 0 unspecified atom stereocenters. The first-order valence-corrected chi connectivity index (χ1v) is 10.8. The summed E-state index contributed by atoms with van der Waals surface area (Å²) in [5.74, 6) is 1.09. The molecule has 0 bridgehead atoms. The molecular weight excluding hydrogens is 404 g/mol. The monoisotopic (exact) mass is 422 g/mol. The summed E-state index contributed by atoms with van der Waals surface area (Å²) in [5, 5.41) is 15.5. The van der Waals surface area contributed by atoms with E-state index in [1.807, 2.05) is 30.3 Å². The van der Waals surface area contributed by atoms with E-state index in [9.17, 15) is 4.79 Å². The molecule has 0 aliphatic rings. The fourth-order valence-corrected chi connectivity index (χ4v) is 4.33. The number of carbonyl (C=O) groups is 1. The molecule has 0 saturated carbocycles. The van der Waals surface area contributed by atoms with Crippen LogP contribution < -0.4 is 5.32 Å². The second-order valence-electron chi connectivity index (χ2n) is 6.42. The predicted octanol–water partition coefficient (Wildman–Crippen LogP) is 4.98. The van der Waals surface area contributed by atoms with Crippen molar-refractivity contribution in [2.75, 3.05) is 5.32 Å². The number of nitrogens with zero attached hydrogens (tertiary/aromatic N) is 3. The van der Waals surface area contributed by atoms with Crippen molar-refractivity contribution in [1.82, 2.24) is 15.4 Å². The number of nitrogens with one attached hydrogen (secondary N) is 1. The van der Waals surface area contributed by atoms with Crippen LogP contribution in [0.5, 0.6) is 0 Å². The summed E-state index contributed by atoms with van der Waals surface area (Å²) < 4.78 is 6.09. The normalized spacial score (nSPS) is 10.8. The largest absolute Gasteiger partial charge is 0.360 e. The lowest BCUT2D eigenvalue weighted by Crippen LogP contribution is -2.13. The van der Waals surface area contributed by atoms with Crippen LogP contribution >= 0.6 is 23.1 Å². The number of thioether (sulfide) groups is 1. The first-order valence-electron chi connectivity index (χ1n) is 8.98. The SMILES string of the molecule is Cc1ccc(CSc2nnc(NC(=O)Cc3cc(-c4ccccc4)no3)s2)cc1. The van der Waals surface area contributed by atoms with Crippen LogP contribution in [0.1, 0.15) is 16.9 Å². The Morgan fingerprint density at radius 3 is 2.69 bits per heavy atom. The number of rotatable bonds is 7. The van der Waals surface area contributed by atoms with Crippen LogP contribution in [0.3, 0.4) is 0 Å². The van der Waals surface area contributed by atoms with E-state index in [-0.39, 0.29) is 12.3 Å². The minimum absolute atomic E-state index is 0.0885. The highest BCUT2D eigenvalue weighted by Crippen LogP contribution is 2.28. The third kappa shape index (κ3) is 5.30. The smallest absolute Gasteiger partial charge is 0.233 e. The number of hydrogen-bond acceptors (Lipinski definition) is 7. The Hall–Kier alpha value is -2.97. The highest BCUT2D eigenvalue weighted by atomic mass is 32.2. The Bertz CT molecular complexity index is 1090. The van der Waals surface area contributed by atoms with Crippen molar-refractivity contribution < 1.29 is 9.32 Å². The van der Waals surface area contributed by atoms with E-state index in [4.69, 9.17) is 4.52 Å². The first kappa shape index (κ1) is 19.4. The van der Waals surface area contributed by atoms with Gasteiger partial charge in [-0.3, -0.25) is 4.79 Å². The van der Waals surface area contributed by atoms with Gasteiger partial charge in [-0.2, -0.15) is 0 Å². The lowest BCUT2D eigenvalue weighted by molar-refractivity contribution is -0.115. The van der Waals surface area contributed by atoms with Gasteiger partial charge in [0, 0.05) is 17.4 Å². The third-order valence-electron chi connectivity index (χ3n) is 4.10. The number of carbonyl (C=O) groups excluding carboxylic acids is 1. The zero-order valence-electron chi connectivity index (χ0n) is 15.7. The molecule has 6 nitrogen and oxygen atoms in total. The fourth-order valence-electron chi connectivity index (χ4n) is 2.61. The maximum atomic E-state index is 12.3. The Labute approximate surface area is 176 Å². The van der Waals surface area contributed by atoms with Gasteiger partial charge in [0.2, 0.25) is 11.0 Å². The van der Waals surface area contributed by atoms with E-state index in [0.717, 1.165) is 15.7 Å². The van der Waals surface area contributed by atoms with Crippen molar-refractivity contribution in [1.29, 1.82) is 0 Å². The van der Waals surface area contributed by atoms with Gasteiger partial charge in [-0.05, 0) is 12.5 Å². The molecule has 0 spiro atoms. The van der Waals surface area contributed by atoms with E-state index in [1.165, 1.54) is 22.5 Å². The predicted molar refractivity (Wildman–Crippen MR) is 115 cm³/mol. The molecule has 8 heteroatoms. The van der Waals surface area contributed by atoms with Crippen molar-refractivity contribution in [2.24, 2.45) is 0 Å². The molecule has 4 rings (SSSR count). The number of hydrogen-bond donors (Lipinski definition) is 1. The van der Waals surface area contributed by atoms with Gasteiger partial charge in [-0.1, -0.05) is 88.4 Å². The van der Waals surface area contributed by atoms with Gasteiger partial charge in [0.25, 0.3) is 0 Å². The standard InChI is InChI=1S/C21H18N4O2S2/c1-14-7-9-15(10-8-14)13-28-21-24-23-20(29-21)22-19(26)12-17-11-18(25-27-17)16-5-3-2-4-6-16/h2-11H,12-13H2,1H3,(H,22,23,26). The molecule has 2 aromatic heterocycles. The quantitative estimate of drug-likeness (QED) is 0.334. The van der Waals surface area contributed by atoms with Crippen molar-refractivity contribution >= 4 is 34.1 Å². The van der Waals surface area contributed by atoms with Gasteiger partial charge in [0.1, 0.15) is 11.5 Å². The molecule has 1 N–H and O–H groups in total. The second-order valence-corrected chi connectivity index (χ2v) is 8.62. The molecule has 0 saturated heterocycles. The highest BCUT2D eigenvalue weighted by Gasteiger charge is 2.13. The lowest BCUT2D eigenvalue weighted by atomic mass is 10.1. The van der Waals surface area contributed by atoms with Gasteiger partial charge in [-0.15, -0.1) is 10.2 Å². The van der Waals surface area contributed by atoms with E-state index >= 15 is 0 Å². The maximum absolute atomic E-state index is 12.3. The van der Waals surface area contributed by atoms with E-state index in [1.54, 1.807) is 17.8 Å². The van der Waals surface area contributed by atoms with Crippen LogP contribution in [-0.2, 0) is 17.0 Å². The summed E-state index contributed by atoms with van der Waals surface area (Å²) in [6.07, 6.45) is 0.0885. The zero-order valence-corrected chi connectivity index (χ0v) is 17.3. The molecule has 29 heavy (non-hydrogen) atoms. The minimum atomic E-state index is -0.216. The van der Waals surface area contributed by atoms with Crippen molar-refractivity contribution in [3.63, 3.8) is 0 Å². The van der Waals surface area contributed by atoms with Gasteiger partial charge in [0.15, 0.2) is 4.34 Å². The van der Waals surface area contributed by atoms with Crippen LogP contribution in [0.15, 0.2) is 69.5 Å². The summed E-state index contributed by atoms with van der Waals surface area (Å²) in [6, 6.07) is 19.9. The average molecular weight is 423 g/mol. The molecule has 146 valence electrons. The molecule has 0 aliphatic heterocycles. The van der Waals surface area contributed by atoms with Gasteiger partial charge in [-0.25, -0.2) is 0 Å². The molecule has 0 aliphatic carbocycles. The zero-order chi connectivity index (χ0) is 20.1. The number of benzene rings is 2. The second kappa shape index (κ2) is 9.02. The Balaban J connectivity index is 1.30. The fraction of sp³-hybridized carbons (Fsp3) is 0.143. The number of anilines is 1. The number of aryl methyl sites for hydroxylation is 1. The van der Waals surface area contributed by atoms with E-state index in [2.05, 4.69) is 51.9 Å². The van der Waals surface area contributed by atoms with Gasteiger partial charge >= 0.3 is 0 Å². The molecule has 0 fully saturated rings. The molecule has 0 radical (unpaired) electrons. The summed E-state index contributed by atoms with van der Waals surface area (Å²) >= 11 is 2.96. The Morgan fingerprint density at radius 2 is 1.90 bits per heavy atom. The molecule has 1 amide bonds. The molecule has 2 heterocycles. The van der Waals surface area contributed by atoms with Crippen molar-refractivity contribution in [3.05, 3.63) is 77.6 Å².